The number of anilines is 3. The van der Waals surface area contributed by atoms with Crippen molar-refractivity contribution in [2.45, 2.75) is 6.92 Å². The Morgan fingerprint density at radius 3 is 2.60 bits per heavy atom. The van der Waals surface area contributed by atoms with Gasteiger partial charge < -0.3 is 10.2 Å². The van der Waals surface area contributed by atoms with Crippen LogP contribution in [0.15, 0.2) is 67.0 Å². The SMILES string of the molecule is CCN(c1ccccc1)c1cc(C(=O)Nc2cccc(F)c2)ncn1. The van der Waals surface area contributed by atoms with Crippen LogP contribution in [0.2, 0.25) is 0 Å². The van der Waals surface area contributed by atoms with E-state index in [1.165, 1.54) is 24.5 Å². The summed E-state index contributed by atoms with van der Waals surface area (Å²) in [7, 11) is 0. The minimum absolute atomic E-state index is 0.212. The summed E-state index contributed by atoms with van der Waals surface area (Å²) >= 11 is 0. The second kappa shape index (κ2) is 7.53. The fourth-order valence-corrected chi connectivity index (χ4v) is 2.46. The van der Waals surface area contributed by atoms with Gasteiger partial charge in [-0.05, 0) is 37.3 Å². The van der Waals surface area contributed by atoms with Crippen LogP contribution in [-0.4, -0.2) is 22.4 Å². The Labute approximate surface area is 145 Å². The highest BCUT2D eigenvalue weighted by Crippen LogP contribution is 2.23. The molecule has 0 aliphatic rings. The second-order valence-corrected chi connectivity index (χ2v) is 5.31. The summed E-state index contributed by atoms with van der Waals surface area (Å²) in [6.07, 6.45) is 1.35. The fourth-order valence-electron chi connectivity index (χ4n) is 2.46. The maximum atomic E-state index is 13.2. The molecule has 25 heavy (non-hydrogen) atoms. The van der Waals surface area contributed by atoms with E-state index < -0.39 is 11.7 Å². The van der Waals surface area contributed by atoms with Gasteiger partial charge in [-0.25, -0.2) is 14.4 Å². The van der Waals surface area contributed by atoms with Crippen molar-refractivity contribution in [2.24, 2.45) is 0 Å². The van der Waals surface area contributed by atoms with Crippen molar-refractivity contribution in [1.29, 1.82) is 0 Å². The lowest BCUT2D eigenvalue weighted by atomic mass is 10.2. The van der Waals surface area contributed by atoms with Crippen molar-refractivity contribution in [1.82, 2.24) is 9.97 Å². The first-order valence-electron chi connectivity index (χ1n) is 7.89. The van der Waals surface area contributed by atoms with Crippen molar-refractivity contribution < 1.29 is 9.18 Å². The first-order chi connectivity index (χ1) is 12.2. The summed E-state index contributed by atoms with van der Waals surface area (Å²) in [5.74, 6) is -0.214. The molecule has 0 saturated carbocycles. The number of hydrogen-bond donors (Lipinski definition) is 1. The number of rotatable bonds is 5. The van der Waals surface area contributed by atoms with Crippen LogP contribution in [0.25, 0.3) is 0 Å². The number of nitrogens with zero attached hydrogens (tertiary/aromatic N) is 3. The average molecular weight is 336 g/mol. The van der Waals surface area contributed by atoms with Gasteiger partial charge >= 0.3 is 0 Å². The first-order valence-corrected chi connectivity index (χ1v) is 7.89. The van der Waals surface area contributed by atoms with Crippen LogP contribution in [0.1, 0.15) is 17.4 Å². The predicted octanol–water partition coefficient (Wildman–Crippen LogP) is 4.03. The van der Waals surface area contributed by atoms with Crippen LogP contribution in [0.5, 0.6) is 0 Å². The Bertz CT molecular complexity index is 870. The van der Waals surface area contributed by atoms with Gasteiger partial charge in [0, 0.05) is 24.0 Å². The molecular formula is C19H17FN4O. The minimum Gasteiger partial charge on any atom is -0.327 e. The molecule has 3 aromatic rings. The summed E-state index contributed by atoms with van der Waals surface area (Å²) < 4.78 is 13.2. The first kappa shape index (κ1) is 16.6. The summed E-state index contributed by atoms with van der Waals surface area (Å²) in [6.45, 7) is 2.69. The number of carbonyl (C=O) groups excluding carboxylic acids is 1. The molecule has 126 valence electrons. The predicted molar refractivity (Wildman–Crippen MR) is 95.5 cm³/mol. The number of halogens is 1. The number of para-hydroxylation sites is 1. The van der Waals surface area contributed by atoms with E-state index in [0.29, 0.717) is 18.1 Å². The maximum Gasteiger partial charge on any atom is 0.274 e. The molecule has 0 bridgehead atoms. The third-order valence-corrected chi connectivity index (χ3v) is 3.63. The van der Waals surface area contributed by atoms with Gasteiger partial charge in [0.1, 0.15) is 23.7 Å². The molecule has 0 unspecified atom stereocenters. The minimum atomic E-state index is -0.418. The third kappa shape index (κ3) is 3.98. The lowest BCUT2D eigenvalue weighted by Gasteiger charge is -2.22. The molecule has 0 atom stereocenters. The summed E-state index contributed by atoms with van der Waals surface area (Å²) in [5, 5.41) is 2.64. The van der Waals surface area contributed by atoms with Gasteiger partial charge in [0.25, 0.3) is 5.91 Å². The van der Waals surface area contributed by atoms with Gasteiger partial charge in [-0.15, -0.1) is 0 Å². The average Bonchev–Trinajstić information content (AvgIpc) is 2.63. The lowest BCUT2D eigenvalue weighted by molar-refractivity contribution is 0.102. The van der Waals surface area contributed by atoms with E-state index in [4.69, 9.17) is 0 Å². The Balaban J connectivity index is 1.84. The van der Waals surface area contributed by atoms with Gasteiger partial charge in [0.05, 0.1) is 0 Å². The molecule has 1 aromatic heterocycles. The van der Waals surface area contributed by atoms with Crippen LogP contribution in [-0.2, 0) is 0 Å². The van der Waals surface area contributed by atoms with Crippen molar-refractivity contribution in [3.05, 3.63) is 78.5 Å². The summed E-state index contributed by atoms with van der Waals surface area (Å²) in [4.78, 5) is 22.6. The van der Waals surface area contributed by atoms with E-state index in [2.05, 4.69) is 15.3 Å². The van der Waals surface area contributed by atoms with E-state index in [9.17, 15) is 9.18 Å². The molecule has 0 spiro atoms. The quantitative estimate of drug-likeness (QED) is 0.764. The van der Waals surface area contributed by atoms with E-state index in [0.717, 1.165) is 5.69 Å². The smallest absolute Gasteiger partial charge is 0.274 e. The molecule has 6 heteroatoms. The zero-order chi connectivity index (χ0) is 17.6. The Morgan fingerprint density at radius 2 is 1.88 bits per heavy atom. The van der Waals surface area contributed by atoms with Gasteiger partial charge in [-0.2, -0.15) is 0 Å². The molecule has 0 aliphatic carbocycles. The third-order valence-electron chi connectivity index (χ3n) is 3.63. The van der Waals surface area contributed by atoms with Crippen molar-refractivity contribution >= 4 is 23.1 Å². The molecular weight excluding hydrogens is 319 g/mol. The highest BCUT2D eigenvalue weighted by atomic mass is 19.1. The van der Waals surface area contributed by atoms with Crippen molar-refractivity contribution in [2.75, 3.05) is 16.8 Å². The topological polar surface area (TPSA) is 58.1 Å². The maximum absolute atomic E-state index is 13.2. The lowest BCUT2D eigenvalue weighted by Crippen LogP contribution is -2.20. The summed E-state index contributed by atoms with van der Waals surface area (Å²) in [6, 6.07) is 17.1. The second-order valence-electron chi connectivity index (χ2n) is 5.31. The van der Waals surface area contributed by atoms with Crippen LogP contribution in [0.3, 0.4) is 0 Å². The zero-order valence-electron chi connectivity index (χ0n) is 13.7. The van der Waals surface area contributed by atoms with Gasteiger partial charge in [0.15, 0.2) is 0 Å². The van der Waals surface area contributed by atoms with Gasteiger partial charge in [0.2, 0.25) is 0 Å². The molecule has 1 N–H and O–H groups in total. The largest absolute Gasteiger partial charge is 0.327 e. The summed E-state index contributed by atoms with van der Waals surface area (Å²) in [5.41, 5.74) is 1.56. The molecule has 5 nitrogen and oxygen atoms in total. The zero-order valence-corrected chi connectivity index (χ0v) is 13.7. The Kier molecular flexibility index (Phi) is 4.99. The van der Waals surface area contributed by atoms with E-state index in [1.54, 1.807) is 12.1 Å². The normalized spacial score (nSPS) is 10.3. The molecule has 0 fully saturated rings. The van der Waals surface area contributed by atoms with Crippen molar-refractivity contribution in [3.63, 3.8) is 0 Å². The standard InChI is InChI=1S/C19H17FN4O/c1-2-24(16-9-4-3-5-10-16)18-12-17(21-13-22-18)19(25)23-15-8-6-7-14(20)11-15/h3-13H,2H2,1H3,(H,23,25). The number of carbonyl (C=O) groups is 1. The molecule has 0 aliphatic heterocycles. The number of amides is 1. The van der Waals surface area contributed by atoms with Crippen LogP contribution in [0, 0.1) is 5.82 Å². The number of aromatic nitrogens is 2. The molecule has 3 rings (SSSR count). The molecule has 2 aromatic carbocycles. The Morgan fingerprint density at radius 1 is 1.08 bits per heavy atom. The van der Waals surface area contributed by atoms with Crippen LogP contribution < -0.4 is 10.2 Å². The van der Waals surface area contributed by atoms with Crippen LogP contribution >= 0.6 is 0 Å². The van der Waals surface area contributed by atoms with E-state index in [-0.39, 0.29) is 5.69 Å². The van der Waals surface area contributed by atoms with Crippen molar-refractivity contribution in [3.8, 4) is 0 Å². The molecule has 0 saturated heterocycles. The number of benzene rings is 2. The highest BCUT2D eigenvalue weighted by Gasteiger charge is 2.13. The van der Waals surface area contributed by atoms with Gasteiger partial charge in [-0.3, -0.25) is 4.79 Å². The fraction of sp³-hybridized carbons (Fsp3) is 0.105. The molecule has 0 radical (unpaired) electrons. The number of nitrogens with one attached hydrogen (secondary N) is 1. The highest BCUT2D eigenvalue weighted by molar-refractivity contribution is 6.03. The molecule has 1 amide bonds. The van der Waals surface area contributed by atoms with E-state index >= 15 is 0 Å². The van der Waals surface area contributed by atoms with Crippen LogP contribution in [0.4, 0.5) is 21.6 Å². The van der Waals surface area contributed by atoms with E-state index in [1.807, 2.05) is 42.2 Å². The molecule has 1 heterocycles. The number of hydrogen-bond acceptors (Lipinski definition) is 4. The Hall–Kier alpha value is -3.28. The van der Waals surface area contributed by atoms with Gasteiger partial charge in [-0.1, -0.05) is 24.3 Å². The monoisotopic (exact) mass is 336 g/mol.